The van der Waals surface area contributed by atoms with Crippen LogP contribution < -0.4 is 24.8 Å². The number of carbonyl (C=O) groups is 2. The van der Waals surface area contributed by atoms with Crippen LogP contribution in [0.3, 0.4) is 0 Å². The number of amides is 2. The molecule has 9 nitrogen and oxygen atoms in total. The Labute approximate surface area is 200 Å². The van der Waals surface area contributed by atoms with E-state index in [0.29, 0.717) is 48.6 Å². The Kier molecular flexibility index (Phi) is 8.16. The largest absolute Gasteiger partial charge is 0.497 e. The number of carbonyl (C=O) groups excluding carboxylic acids is 2. The summed E-state index contributed by atoms with van der Waals surface area (Å²) in [6, 6.07) is 8.51. The highest BCUT2D eigenvalue weighted by Gasteiger charge is 2.28. The van der Waals surface area contributed by atoms with Gasteiger partial charge >= 0.3 is 0 Å². The van der Waals surface area contributed by atoms with E-state index in [1.807, 2.05) is 13.8 Å². The zero-order valence-corrected chi connectivity index (χ0v) is 20.6. The molecule has 2 aromatic carbocycles. The molecule has 0 aliphatic carbocycles. The van der Waals surface area contributed by atoms with Crippen molar-refractivity contribution in [2.45, 2.75) is 50.5 Å². The average Bonchev–Trinajstić information content (AvgIpc) is 2.97. The molecule has 10 heteroatoms. The van der Waals surface area contributed by atoms with Gasteiger partial charge in [0.25, 0.3) is 0 Å². The molecule has 1 atom stereocenters. The van der Waals surface area contributed by atoms with E-state index in [1.165, 1.54) is 20.3 Å². The van der Waals surface area contributed by atoms with E-state index in [4.69, 9.17) is 9.47 Å². The Morgan fingerprint density at radius 2 is 1.74 bits per heavy atom. The lowest BCUT2D eigenvalue weighted by Crippen LogP contribution is -2.44. The fourth-order valence-corrected chi connectivity index (χ4v) is 5.02. The number of ether oxygens (including phenoxy) is 2. The van der Waals surface area contributed by atoms with Crippen LogP contribution in [-0.4, -0.2) is 40.5 Å². The number of methoxy groups -OCH3 is 2. The third-order valence-electron chi connectivity index (χ3n) is 5.45. The van der Waals surface area contributed by atoms with Crippen molar-refractivity contribution in [2.24, 2.45) is 5.92 Å². The van der Waals surface area contributed by atoms with Crippen LogP contribution in [0.5, 0.6) is 11.5 Å². The number of rotatable bonds is 9. The Hall–Kier alpha value is -3.11. The lowest BCUT2D eigenvalue weighted by atomic mass is 10.0. The number of fused-ring (bicyclic) bond motifs is 1. The molecule has 34 heavy (non-hydrogen) atoms. The molecule has 1 aliphatic rings. The van der Waals surface area contributed by atoms with Gasteiger partial charge in [0.2, 0.25) is 21.8 Å². The molecule has 0 radical (unpaired) electrons. The fourth-order valence-electron chi connectivity index (χ4n) is 3.76. The first kappa shape index (κ1) is 25.5. The molecular weight excluding hydrogens is 458 g/mol. The molecule has 1 heterocycles. The molecule has 0 fully saturated rings. The number of hydrogen-bond donors (Lipinski definition) is 3. The van der Waals surface area contributed by atoms with Gasteiger partial charge in [-0.2, -0.15) is 4.72 Å². The monoisotopic (exact) mass is 489 g/mol. The minimum absolute atomic E-state index is 0.0482. The minimum atomic E-state index is -4.00. The van der Waals surface area contributed by atoms with Crippen LogP contribution in [0.1, 0.15) is 38.7 Å². The molecule has 3 rings (SSSR count). The number of sulfonamides is 1. The quantitative estimate of drug-likeness (QED) is 0.497. The summed E-state index contributed by atoms with van der Waals surface area (Å²) >= 11 is 0. The van der Waals surface area contributed by atoms with Crippen molar-refractivity contribution in [2.75, 3.05) is 24.9 Å². The van der Waals surface area contributed by atoms with E-state index in [-0.39, 0.29) is 16.7 Å². The van der Waals surface area contributed by atoms with E-state index in [2.05, 4.69) is 15.4 Å². The molecule has 0 aromatic heterocycles. The maximum absolute atomic E-state index is 13.2. The third kappa shape index (κ3) is 6.48. The van der Waals surface area contributed by atoms with Crippen molar-refractivity contribution in [1.82, 2.24) is 4.72 Å². The first-order chi connectivity index (χ1) is 16.1. The molecule has 2 amide bonds. The Morgan fingerprint density at radius 1 is 1.06 bits per heavy atom. The summed E-state index contributed by atoms with van der Waals surface area (Å²) in [6.07, 6.45) is 1.91. The lowest BCUT2D eigenvalue weighted by molar-refractivity contribution is -0.118. The standard InChI is InChI=1S/C24H31N3O6S/c1-15(2)10-22(24(29)25-17-12-18(32-3)14-19(13-17)33-4)27-34(30,31)20-8-9-21-16(11-20)6-5-7-23(28)26-21/h8-9,11-15,22,27H,5-7,10H2,1-4H3,(H,25,29)(H,26,28)/t22-/m0/s1. The van der Waals surface area contributed by atoms with Gasteiger partial charge in [-0.1, -0.05) is 13.8 Å². The van der Waals surface area contributed by atoms with Crippen molar-refractivity contribution in [3.63, 3.8) is 0 Å². The topological polar surface area (TPSA) is 123 Å². The van der Waals surface area contributed by atoms with E-state index in [0.717, 1.165) is 5.56 Å². The second-order valence-electron chi connectivity index (χ2n) is 8.61. The van der Waals surface area contributed by atoms with E-state index >= 15 is 0 Å². The Balaban J connectivity index is 1.83. The van der Waals surface area contributed by atoms with Crippen molar-refractivity contribution in [3.05, 3.63) is 42.0 Å². The Morgan fingerprint density at radius 3 is 2.35 bits per heavy atom. The van der Waals surface area contributed by atoms with Crippen LogP contribution >= 0.6 is 0 Å². The number of hydrogen-bond acceptors (Lipinski definition) is 6. The first-order valence-electron chi connectivity index (χ1n) is 11.1. The average molecular weight is 490 g/mol. The van der Waals surface area contributed by atoms with Gasteiger partial charge in [-0.15, -0.1) is 0 Å². The number of anilines is 2. The highest BCUT2D eigenvalue weighted by molar-refractivity contribution is 7.89. The highest BCUT2D eigenvalue weighted by atomic mass is 32.2. The summed E-state index contributed by atoms with van der Waals surface area (Å²) in [5.74, 6) is 0.464. The van der Waals surface area contributed by atoms with Gasteiger partial charge in [0.1, 0.15) is 17.5 Å². The van der Waals surface area contributed by atoms with Crippen LogP contribution in [0.15, 0.2) is 41.3 Å². The molecule has 184 valence electrons. The molecule has 3 N–H and O–H groups in total. The van der Waals surface area contributed by atoms with Crippen LogP contribution in [0.2, 0.25) is 0 Å². The summed E-state index contributed by atoms with van der Waals surface area (Å²) in [4.78, 5) is 24.9. The van der Waals surface area contributed by atoms with Crippen LogP contribution in [0.25, 0.3) is 0 Å². The Bertz CT molecular complexity index is 1140. The summed E-state index contributed by atoms with van der Waals surface area (Å²) in [5.41, 5.74) is 1.79. The van der Waals surface area contributed by atoms with Gasteiger partial charge in [-0.3, -0.25) is 9.59 Å². The lowest BCUT2D eigenvalue weighted by Gasteiger charge is -2.21. The van der Waals surface area contributed by atoms with Crippen LogP contribution in [0, 0.1) is 5.92 Å². The van der Waals surface area contributed by atoms with Gasteiger partial charge < -0.3 is 20.1 Å². The van der Waals surface area contributed by atoms with Gasteiger partial charge in [0.15, 0.2) is 0 Å². The summed E-state index contributed by atoms with van der Waals surface area (Å²) in [5, 5.41) is 5.55. The predicted molar refractivity (Wildman–Crippen MR) is 130 cm³/mol. The summed E-state index contributed by atoms with van der Waals surface area (Å²) in [6.45, 7) is 3.82. The van der Waals surface area contributed by atoms with Crippen molar-refractivity contribution in [3.8, 4) is 11.5 Å². The predicted octanol–water partition coefficient (Wildman–Crippen LogP) is 3.31. The normalized spacial score (nSPS) is 14.6. The SMILES string of the molecule is COc1cc(NC(=O)[C@H](CC(C)C)NS(=O)(=O)c2ccc3c(c2)CCCC(=O)N3)cc(OC)c1. The van der Waals surface area contributed by atoms with Gasteiger partial charge in [-0.05, 0) is 48.9 Å². The summed E-state index contributed by atoms with van der Waals surface area (Å²) < 4.78 is 39.4. The fraction of sp³-hybridized carbons (Fsp3) is 0.417. The molecule has 0 saturated heterocycles. The molecule has 0 saturated carbocycles. The maximum atomic E-state index is 13.2. The van der Waals surface area contributed by atoms with Crippen molar-refractivity contribution in [1.29, 1.82) is 0 Å². The van der Waals surface area contributed by atoms with E-state index in [9.17, 15) is 18.0 Å². The molecule has 0 bridgehead atoms. The highest BCUT2D eigenvalue weighted by Crippen LogP contribution is 2.27. The van der Waals surface area contributed by atoms with Crippen molar-refractivity contribution < 1.29 is 27.5 Å². The zero-order valence-electron chi connectivity index (χ0n) is 19.8. The molecule has 0 unspecified atom stereocenters. The third-order valence-corrected chi connectivity index (χ3v) is 6.92. The van der Waals surface area contributed by atoms with Gasteiger partial charge in [0, 0.05) is 36.0 Å². The molecule has 0 spiro atoms. The molecular formula is C24H31N3O6S. The second kappa shape index (κ2) is 10.9. The number of nitrogens with one attached hydrogen (secondary N) is 3. The van der Waals surface area contributed by atoms with Crippen LogP contribution in [-0.2, 0) is 26.0 Å². The smallest absolute Gasteiger partial charge is 0.242 e. The summed E-state index contributed by atoms with van der Waals surface area (Å²) in [7, 11) is -0.996. The van der Waals surface area contributed by atoms with Crippen molar-refractivity contribution >= 4 is 33.2 Å². The minimum Gasteiger partial charge on any atom is -0.497 e. The number of aryl methyl sites for hydroxylation is 1. The number of benzene rings is 2. The van der Waals surface area contributed by atoms with Crippen LogP contribution in [0.4, 0.5) is 11.4 Å². The first-order valence-corrected chi connectivity index (χ1v) is 12.6. The molecule has 1 aliphatic heterocycles. The second-order valence-corrected chi connectivity index (χ2v) is 10.3. The van der Waals surface area contributed by atoms with Gasteiger partial charge in [0.05, 0.1) is 19.1 Å². The van der Waals surface area contributed by atoms with Gasteiger partial charge in [-0.25, -0.2) is 8.42 Å². The molecule has 2 aromatic rings. The van der Waals surface area contributed by atoms with E-state index < -0.39 is 22.0 Å². The zero-order chi connectivity index (χ0) is 24.9. The van der Waals surface area contributed by atoms with E-state index in [1.54, 1.807) is 30.3 Å². The maximum Gasteiger partial charge on any atom is 0.242 e.